The number of nitrogens with zero attached hydrogens (tertiary/aromatic N) is 1. The summed E-state index contributed by atoms with van der Waals surface area (Å²) in [6.07, 6.45) is 3.62. The van der Waals surface area contributed by atoms with E-state index in [9.17, 15) is 9.59 Å². The van der Waals surface area contributed by atoms with Gasteiger partial charge in [0.1, 0.15) is 5.78 Å². The average Bonchev–Trinajstić information content (AvgIpc) is 2.36. The van der Waals surface area contributed by atoms with Crippen LogP contribution in [0.4, 0.5) is 0 Å². The van der Waals surface area contributed by atoms with Crippen LogP contribution >= 0.6 is 0 Å². The van der Waals surface area contributed by atoms with Gasteiger partial charge < -0.3 is 10.1 Å². The molecule has 1 heterocycles. The van der Waals surface area contributed by atoms with Crippen molar-refractivity contribution >= 4 is 11.7 Å². The Balaban J connectivity index is 2.32. The van der Waals surface area contributed by atoms with E-state index < -0.39 is 0 Å². The van der Waals surface area contributed by atoms with Crippen LogP contribution in [0.1, 0.15) is 33.1 Å². The highest BCUT2D eigenvalue weighted by Gasteiger charge is 2.22. The van der Waals surface area contributed by atoms with Crippen LogP contribution in [0.5, 0.6) is 0 Å². The van der Waals surface area contributed by atoms with Crippen LogP contribution in [-0.2, 0) is 14.3 Å². The first kappa shape index (κ1) is 15.1. The van der Waals surface area contributed by atoms with Crippen LogP contribution in [-0.4, -0.2) is 55.5 Å². The van der Waals surface area contributed by atoms with Crippen LogP contribution < -0.4 is 5.32 Å². The summed E-state index contributed by atoms with van der Waals surface area (Å²) < 4.78 is 5.65. The van der Waals surface area contributed by atoms with E-state index in [1.54, 1.807) is 0 Å². The molecular weight excluding hydrogens is 232 g/mol. The maximum absolute atomic E-state index is 11.8. The summed E-state index contributed by atoms with van der Waals surface area (Å²) in [4.78, 5) is 24.6. The zero-order valence-electron chi connectivity index (χ0n) is 11.6. The van der Waals surface area contributed by atoms with Gasteiger partial charge in [-0.3, -0.25) is 14.5 Å². The number of Topliss-reactive ketones (excluding diaryl/α,β-unsaturated/α-hetero) is 1. The number of likely N-dealkylation sites (N-methyl/N-ethyl adjacent to an activating group) is 1. The first-order valence-corrected chi connectivity index (χ1v) is 6.59. The Bertz CT molecular complexity index is 288. The molecule has 1 saturated heterocycles. The van der Waals surface area contributed by atoms with Gasteiger partial charge in [-0.1, -0.05) is 0 Å². The summed E-state index contributed by atoms with van der Waals surface area (Å²) in [6, 6.07) is -0.241. The fraction of sp³-hybridized carbons (Fsp3) is 0.846. The highest BCUT2D eigenvalue weighted by atomic mass is 16.5. The molecule has 0 aromatic heterocycles. The lowest BCUT2D eigenvalue weighted by molar-refractivity contribution is -0.128. The molecule has 5 heteroatoms. The number of hydrogen-bond acceptors (Lipinski definition) is 4. The van der Waals surface area contributed by atoms with Crippen LogP contribution in [0, 0.1) is 0 Å². The zero-order chi connectivity index (χ0) is 13.5. The van der Waals surface area contributed by atoms with E-state index >= 15 is 0 Å². The second-order valence-electron chi connectivity index (χ2n) is 5.02. The number of carbonyl (C=O) groups is 2. The van der Waals surface area contributed by atoms with Crippen molar-refractivity contribution in [2.75, 3.05) is 26.7 Å². The first-order chi connectivity index (χ1) is 8.50. The molecule has 0 bridgehead atoms. The van der Waals surface area contributed by atoms with Gasteiger partial charge in [0, 0.05) is 13.2 Å². The predicted molar refractivity (Wildman–Crippen MR) is 69.4 cm³/mol. The van der Waals surface area contributed by atoms with Gasteiger partial charge in [0.25, 0.3) is 0 Å². The van der Waals surface area contributed by atoms with E-state index in [0.717, 1.165) is 26.0 Å². The molecule has 0 radical (unpaired) electrons. The predicted octanol–water partition coefficient (Wildman–Crippen LogP) is 0.581. The lowest BCUT2D eigenvalue weighted by Gasteiger charge is -2.30. The van der Waals surface area contributed by atoms with Crippen LogP contribution in [0.2, 0.25) is 0 Å². The molecule has 18 heavy (non-hydrogen) atoms. The van der Waals surface area contributed by atoms with Crippen molar-refractivity contribution in [3.63, 3.8) is 0 Å². The molecule has 1 amide bonds. The number of nitrogens with one attached hydrogen (secondary N) is 1. The van der Waals surface area contributed by atoms with E-state index in [4.69, 9.17) is 4.74 Å². The minimum Gasteiger partial charge on any atom is -0.377 e. The lowest BCUT2D eigenvalue weighted by atomic mass is 10.1. The monoisotopic (exact) mass is 256 g/mol. The van der Waals surface area contributed by atoms with Gasteiger partial charge >= 0.3 is 0 Å². The van der Waals surface area contributed by atoms with Gasteiger partial charge in [-0.2, -0.15) is 0 Å². The molecule has 104 valence electrons. The number of ether oxygens (including phenoxy) is 1. The number of hydrogen-bond donors (Lipinski definition) is 1. The molecular formula is C13H24N2O3. The van der Waals surface area contributed by atoms with Gasteiger partial charge in [-0.05, 0) is 40.2 Å². The Morgan fingerprint density at radius 3 is 2.72 bits per heavy atom. The van der Waals surface area contributed by atoms with Gasteiger partial charge in [0.15, 0.2) is 0 Å². The molecule has 0 saturated carbocycles. The average molecular weight is 256 g/mol. The SMILES string of the molecule is CC(=O)CNC(=O)C(C)N(C)CC1CCCCO1. The Kier molecular flexibility index (Phi) is 6.29. The quantitative estimate of drug-likeness (QED) is 0.755. The van der Waals surface area contributed by atoms with Gasteiger partial charge in [-0.25, -0.2) is 0 Å². The summed E-state index contributed by atoms with van der Waals surface area (Å²) in [6.45, 7) is 5.00. The Hall–Kier alpha value is -0.940. The summed E-state index contributed by atoms with van der Waals surface area (Å²) in [5, 5.41) is 2.63. The van der Waals surface area contributed by atoms with E-state index in [1.807, 2.05) is 18.9 Å². The fourth-order valence-corrected chi connectivity index (χ4v) is 1.99. The molecule has 1 aliphatic heterocycles. The zero-order valence-corrected chi connectivity index (χ0v) is 11.6. The maximum atomic E-state index is 11.8. The van der Waals surface area contributed by atoms with Crippen LogP contribution in [0.3, 0.4) is 0 Å². The van der Waals surface area contributed by atoms with Crippen LogP contribution in [0.15, 0.2) is 0 Å². The fourth-order valence-electron chi connectivity index (χ4n) is 1.99. The molecule has 0 aliphatic carbocycles. The first-order valence-electron chi connectivity index (χ1n) is 6.59. The topological polar surface area (TPSA) is 58.6 Å². The van der Waals surface area contributed by atoms with Crippen molar-refractivity contribution in [2.24, 2.45) is 0 Å². The minimum absolute atomic E-state index is 0.0335. The molecule has 2 unspecified atom stereocenters. The number of ketones is 1. The number of rotatable bonds is 6. The Morgan fingerprint density at radius 1 is 1.44 bits per heavy atom. The summed E-state index contributed by atoms with van der Waals surface area (Å²) in [5.41, 5.74) is 0. The normalized spacial score (nSPS) is 21.7. The van der Waals surface area contributed by atoms with Crippen molar-refractivity contribution < 1.29 is 14.3 Å². The molecule has 1 rings (SSSR count). The summed E-state index contributed by atoms with van der Waals surface area (Å²) in [7, 11) is 1.91. The molecule has 0 spiro atoms. The third-order valence-corrected chi connectivity index (χ3v) is 3.32. The molecule has 5 nitrogen and oxygen atoms in total. The highest BCUT2D eigenvalue weighted by molar-refractivity contribution is 5.87. The third kappa shape index (κ3) is 5.14. The molecule has 1 N–H and O–H groups in total. The van der Waals surface area contributed by atoms with Crippen molar-refractivity contribution in [1.29, 1.82) is 0 Å². The highest BCUT2D eigenvalue weighted by Crippen LogP contribution is 2.14. The third-order valence-electron chi connectivity index (χ3n) is 3.32. The minimum atomic E-state index is -0.241. The maximum Gasteiger partial charge on any atom is 0.237 e. The Morgan fingerprint density at radius 2 is 2.17 bits per heavy atom. The molecule has 1 fully saturated rings. The van der Waals surface area contributed by atoms with Crippen molar-refractivity contribution in [1.82, 2.24) is 10.2 Å². The van der Waals surface area contributed by atoms with Gasteiger partial charge in [0.05, 0.1) is 18.7 Å². The van der Waals surface area contributed by atoms with Crippen molar-refractivity contribution in [2.45, 2.75) is 45.3 Å². The van der Waals surface area contributed by atoms with E-state index in [1.165, 1.54) is 13.3 Å². The molecule has 0 aromatic carbocycles. The van der Waals surface area contributed by atoms with Crippen molar-refractivity contribution in [3.8, 4) is 0 Å². The number of carbonyl (C=O) groups excluding carboxylic acids is 2. The molecule has 1 aliphatic rings. The van der Waals surface area contributed by atoms with Crippen molar-refractivity contribution in [3.05, 3.63) is 0 Å². The standard InChI is InChI=1S/C13H24N2O3/c1-10(16)8-14-13(17)11(2)15(3)9-12-6-4-5-7-18-12/h11-12H,4-9H2,1-3H3,(H,14,17). The van der Waals surface area contributed by atoms with E-state index in [-0.39, 0.29) is 30.4 Å². The Labute approximate surface area is 109 Å². The van der Waals surface area contributed by atoms with E-state index in [2.05, 4.69) is 5.32 Å². The van der Waals surface area contributed by atoms with E-state index in [0.29, 0.717) is 0 Å². The second-order valence-corrected chi connectivity index (χ2v) is 5.02. The summed E-state index contributed by atoms with van der Waals surface area (Å²) in [5.74, 6) is -0.141. The number of amides is 1. The van der Waals surface area contributed by atoms with Gasteiger partial charge in [-0.15, -0.1) is 0 Å². The lowest BCUT2D eigenvalue weighted by Crippen LogP contribution is -2.47. The molecule has 2 atom stereocenters. The van der Waals surface area contributed by atoms with Crippen LogP contribution in [0.25, 0.3) is 0 Å². The largest absolute Gasteiger partial charge is 0.377 e. The molecule has 0 aromatic rings. The van der Waals surface area contributed by atoms with Gasteiger partial charge in [0.2, 0.25) is 5.91 Å². The second kappa shape index (κ2) is 7.48. The smallest absolute Gasteiger partial charge is 0.237 e. The summed E-state index contributed by atoms with van der Waals surface area (Å²) >= 11 is 0.